The van der Waals surface area contributed by atoms with Gasteiger partial charge in [-0.1, -0.05) is 12.0 Å². The minimum absolute atomic E-state index is 0.0540. The Kier molecular flexibility index (Phi) is 8.89. The Morgan fingerprint density at radius 1 is 1.04 bits per heavy atom. The molecule has 3 aliphatic rings. The predicted molar refractivity (Wildman–Crippen MR) is 173 cm³/mol. The summed E-state index contributed by atoms with van der Waals surface area (Å²) in [6.07, 6.45) is 7.63. The summed E-state index contributed by atoms with van der Waals surface area (Å²) in [5, 5.41) is 1.03. The van der Waals surface area contributed by atoms with Crippen molar-refractivity contribution in [1.82, 2.24) is 19.9 Å². The quantitative estimate of drug-likeness (QED) is 0.174. The minimum atomic E-state index is -0.939. The highest BCUT2D eigenvalue weighted by molar-refractivity contribution is 6.04. The van der Waals surface area contributed by atoms with E-state index < -0.39 is 23.3 Å². The Bertz CT molecular complexity index is 1900. The van der Waals surface area contributed by atoms with Gasteiger partial charge < -0.3 is 28.6 Å². The summed E-state index contributed by atoms with van der Waals surface area (Å²) < 4.78 is 75.3. The Hall–Kier alpha value is -4.38. The number of alkyl halides is 1. The maximum absolute atomic E-state index is 17.2. The molecule has 5 heterocycles. The molecule has 0 aliphatic carbocycles. The number of pyridine rings is 1. The van der Waals surface area contributed by atoms with Crippen LogP contribution < -0.4 is 19.1 Å². The number of terminal acetylenes is 1. The molecule has 0 amide bonds. The maximum atomic E-state index is 17.2. The van der Waals surface area contributed by atoms with Crippen molar-refractivity contribution < 1.29 is 36.9 Å². The first-order valence-electron chi connectivity index (χ1n) is 16.0. The fraction of sp³-hybridized carbons (Fsp3) is 0.457. The van der Waals surface area contributed by atoms with Crippen molar-refractivity contribution in [3.05, 3.63) is 41.5 Å². The highest BCUT2D eigenvalue weighted by Crippen LogP contribution is 2.43. The van der Waals surface area contributed by atoms with Gasteiger partial charge in [0.15, 0.2) is 12.6 Å². The number of hydrogen-bond donors (Lipinski definition) is 0. The van der Waals surface area contributed by atoms with Gasteiger partial charge in [-0.3, -0.25) is 4.90 Å². The van der Waals surface area contributed by atoms with Crippen molar-refractivity contribution in [2.45, 2.75) is 37.4 Å². The molecular formula is C35H36F3N5O5. The van der Waals surface area contributed by atoms with Crippen molar-refractivity contribution in [3.8, 4) is 41.2 Å². The number of hydrogen-bond acceptors (Lipinski definition) is 10. The molecule has 0 bridgehead atoms. The van der Waals surface area contributed by atoms with Crippen LogP contribution in [0.25, 0.3) is 32.9 Å². The molecule has 3 aliphatic heterocycles. The van der Waals surface area contributed by atoms with E-state index in [2.05, 4.69) is 20.8 Å². The van der Waals surface area contributed by atoms with Gasteiger partial charge in [0, 0.05) is 50.7 Å². The summed E-state index contributed by atoms with van der Waals surface area (Å²) in [7, 11) is 2.90. The molecule has 0 N–H and O–H groups in total. The van der Waals surface area contributed by atoms with Gasteiger partial charge in [0.2, 0.25) is 5.88 Å². The molecule has 0 spiro atoms. The summed E-state index contributed by atoms with van der Waals surface area (Å²) in [5.74, 6) is 1.72. The number of benzene rings is 2. The maximum Gasteiger partial charge on any atom is 0.319 e. The highest BCUT2D eigenvalue weighted by Gasteiger charge is 2.49. The summed E-state index contributed by atoms with van der Waals surface area (Å²) in [6.45, 7) is 3.31. The summed E-state index contributed by atoms with van der Waals surface area (Å²) in [4.78, 5) is 18.1. The van der Waals surface area contributed by atoms with Crippen LogP contribution in [-0.2, 0) is 9.47 Å². The molecule has 13 heteroatoms. The van der Waals surface area contributed by atoms with E-state index >= 15 is 8.78 Å². The number of halogens is 3. The Morgan fingerprint density at radius 2 is 1.92 bits per heavy atom. The van der Waals surface area contributed by atoms with E-state index in [0.29, 0.717) is 62.6 Å². The van der Waals surface area contributed by atoms with Crippen LogP contribution in [0.2, 0.25) is 0 Å². The average Bonchev–Trinajstić information content (AvgIpc) is 3.47. The first kappa shape index (κ1) is 32.2. The standard InChI is InChI=1S/C35H36F3N5O5/c1-4-24-26(37)8-7-21-15-23(48-20-44-2)16-25(27(21)24)30-29(38)31-28(33(39-30)45-3)32(42-10-6-13-46-14-12-42)41-34(40-31)47-19-35-9-5-11-43(35)18-22(36)17-35/h1,7-8,15-16,22H,5-6,9-14,17-20H2,2-3H3/t22-,35+/m1/s1. The lowest BCUT2D eigenvalue weighted by Gasteiger charge is -2.31. The van der Waals surface area contributed by atoms with E-state index in [1.54, 1.807) is 6.07 Å². The first-order valence-corrected chi connectivity index (χ1v) is 16.0. The topological polar surface area (TPSA) is 91.3 Å². The number of rotatable bonds is 9. The zero-order chi connectivity index (χ0) is 33.4. The van der Waals surface area contributed by atoms with Crippen LogP contribution >= 0.6 is 0 Å². The lowest BCUT2D eigenvalue weighted by Crippen LogP contribution is -2.43. The molecule has 7 rings (SSSR count). The predicted octanol–water partition coefficient (Wildman–Crippen LogP) is 5.28. The number of anilines is 1. The van der Waals surface area contributed by atoms with E-state index in [4.69, 9.17) is 35.1 Å². The second kappa shape index (κ2) is 13.3. The molecule has 3 saturated heterocycles. The zero-order valence-corrected chi connectivity index (χ0v) is 26.9. The number of nitrogens with zero attached hydrogens (tertiary/aromatic N) is 5. The summed E-state index contributed by atoms with van der Waals surface area (Å²) >= 11 is 0. The molecule has 10 nitrogen and oxygen atoms in total. The van der Waals surface area contributed by atoms with E-state index in [-0.39, 0.29) is 58.4 Å². The van der Waals surface area contributed by atoms with Crippen LogP contribution in [0.1, 0.15) is 31.2 Å². The van der Waals surface area contributed by atoms with Crippen LogP contribution in [0.3, 0.4) is 0 Å². The van der Waals surface area contributed by atoms with Crippen LogP contribution in [0.5, 0.6) is 17.6 Å². The SMILES string of the molecule is C#Cc1c(F)ccc2cc(OCOC)cc(-c3nc(OC)c4c(N5CCCOCC5)nc(OC[C@@]56CCCN5C[C@H](F)C6)nc4c3F)c12. The molecule has 0 unspecified atom stereocenters. The van der Waals surface area contributed by atoms with Crippen molar-refractivity contribution in [2.75, 3.05) is 71.9 Å². The zero-order valence-electron chi connectivity index (χ0n) is 26.9. The molecule has 2 atom stereocenters. The van der Waals surface area contributed by atoms with Gasteiger partial charge in [0.25, 0.3) is 0 Å². The number of methoxy groups -OCH3 is 2. The van der Waals surface area contributed by atoms with Gasteiger partial charge in [0.05, 0.1) is 24.8 Å². The molecule has 0 saturated carbocycles. The number of fused-ring (bicyclic) bond motifs is 3. The second-order valence-corrected chi connectivity index (χ2v) is 12.3. The van der Waals surface area contributed by atoms with Crippen molar-refractivity contribution in [2.24, 2.45) is 0 Å². The fourth-order valence-electron chi connectivity index (χ4n) is 7.28. The second-order valence-electron chi connectivity index (χ2n) is 12.3. The van der Waals surface area contributed by atoms with Crippen LogP contribution in [0.4, 0.5) is 19.0 Å². The normalized spacial score (nSPS) is 21.3. The number of ether oxygens (including phenoxy) is 5. The lowest BCUT2D eigenvalue weighted by atomic mass is 9.95. The van der Waals surface area contributed by atoms with Crippen molar-refractivity contribution in [3.63, 3.8) is 0 Å². The smallest absolute Gasteiger partial charge is 0.319 e. The summed E-state index contributed by atoms with van der Waals surface area (Å²) in [5.41, 5.74) is -0.630. The molecule has 3 fully saturated rings. The van der Waals surface area contributed by atoms with E-state index in [1.807, 2.05) is 4.90 Å². The molecule has 2 aromatic carbocycles. The van der Waals surface area contributed by atoms with Gasteiger partial charge in [-0.05, 0) is 49.4 Å². The summed E-state index contributed by atoms with van der Waals surface area (Å²) in [6, 6.07) is 5.93. The monoisotopic (exact) mass is 663 g/mol. The van der Waals surface area contributed by atoms with Crippen LogP contribution in [-0.4, -0.2) is 98.6 Å². The van der Waals surface area contributed by atoms with Gasteiger partial charge in [-0.25, -0.2) is 18.2 Å². The van der Waals surface area contributed by atoms with Crippen molar-refractivity contribution >= 4 is 27.5 Å². The first-order chi connectivity index (χ1) is 23.4. The third kappa shape index (κ3) is 5.71. The Labute approximate surface area is 276 Å². The Balaban J connectivity index is 1.43. The Morgan fingerprint density at radius 3 is 2.73 bits per heavy atom. The van der Waals surface area contributed by atoms with Crippen LogP contribution in [0, 0.1) is 24.0 Å². The highest BCUT2D eigenvalue weighted by atomic mass is 19.1. The van der Waals surface area contributed by atoms with Gasteiger partial charge in [-0.15, -0.1) is 6.42 Å². The van der Waals surface area contributed by atoms with Gasteiger partial charge in [-0.2, -0.15) is 9.97 Å². The average molecular weight is 664 g/mol. The fourth-order valence-corrected chi connectivity index (χ4v) is 7.28. The largest absolute Gasteiger partial charge is 0.480 e. The van der Waals surface area contributed by atoms with Gasteiger partial charge in [0.1, 0.15) is 46.8 Å². The molecular weight excluding hydrogens is 627 g/mol. The van der Waals surface area contributed by atoms with Crippen LogP contribution in [0.15, 0.2) is 24.3 Å². The molecule has 2 aromatic heterocycles. The third-order valence-corrected chi connectivity index (χ3v) is 9.44. The molecule has 4 aromatic rings. The van der Waals surface area contributed by atoms with E-state index in [9.17, 15) is 4.39 Å². The lowest BCUT2D eigenvalue weighted by molar-refractivity contribution is 0.0512. The van der Waals surface area contributed by atoms with E-state index in [1.165, 1.54) is 32.4 Å². The third-order valence-electron chi connectivity index (χ3n) is 9.44. The molecule has 48 heavy (non-hydrogen) atoms. The van der Waals surface area contributed by atoms with E-state index in [0.717, 1.165) is 19.4 Å². The molecule has 0 radical (unpaired) electrons. The van der Waals surface area contributed by atoms with Crippen molar-refractivity contribution in [1.29, 1.82) is 0 Å². The van der Waals surface area contributed by atoms with Gasteiger partial charge >= 0.3 is 6.01 Å². The number of aromatic nitrogens is 3. The molecule has 252 valence electrons. The minimum Gasteiger partial charge on any atom is -0.480 e.